The Bertz CT molecular complexity index is 1060. The van der Waals surface area contributed by atoms with Gasteiger partial charge in [-0.1, -0.05) is 31.2 Å². The van der Waals surface area contributed by atoms with Crippen molar-refractivity contribution in [3.05, 3.63) is 54.1 Å². The van der Waals surface area contributed by atoms with E-state index in [0.29, 0.717) is 23.8 Å². The average Bonchev–Trinajstić information content (AvgIpc) is 2.81. The SMILES string of the molecule is COc1ccccc1N(CCCC(=O)N[C@H](C)c1ccc(N2CCC[C@@H](C)C2)cc1)S(C)(=O)=O. The lowest BCUT2D eigenvalue weighted by Crippen LogP contribution is -2.34. The van der Waals surface area contributed by atoms with E-state index in [2.05, 4.69) is 41.4 Å². The largest absolute Gasteiger partial charge is 0.495 e. The molecule has 3 rings (SSSR count). The third-order valence-corrected chi connectivity index (χ3v) is 7.49. The minimum Gasteiger partial charge on any atom is -0.495 e. The zero-order chi connectivity index (χ0) is 24.7. The van der Waals surface area contributed by atoms with Crippen molar-refractivity contribution in [2.24, 2.45) is 5.92 Å². The average molecular weight is 488 g/mol. The number of piperidine rings is 1. The molecule has 1 aliphatic heterocycles. The fourth-order valence-corrected chi connectivity index (χ4v) is 5.45. The molecule has 2 aromatic carbocycles. The predicted molar refractivity (Wildman–Crippen MR) is 138 cm³/mol. The van der Waals surface area contributed by atoms with Gasteiger partial charge in [-0.25, -0.2) is 8.42 Å². The highest BCUT2D eigenvalue weighted by atomic mass is 32.2. The molecular formula is C26H37N3O4S. The van der Waals surface area contributed by atoms with Crippen LogP contribution in [0.3, 0.4) is 0 Å². The summed E-state index contributed by atoms with van der Waals surface area (Å²) in [5.74, 6) is 1.09. The van der Waals surface area contributed by atoms with Crippen molar-refractivity contribution in [2.45, 2.75) is 45.6 Å². The molecule has 2 atom stereocenters. The lowest BCUT2D eigenvalue weighted by molar-refractivity contribution is -0.121. The van der Waals surface area contributed by atoms with Gasteiger partial charge in [0.05, 0.1) is 25.1 Å². The topological polar surface area (TPSA) is 79.0 Å². The molecule has 1 amide bonds. The monoisotopic (exact) mass is 487 g/mol. The smallest absolute Gasteiger partial charge is 0.232 e. The number of nitrogens with one attached hydrogen (secondary N) is 1. The Morgan fingerprint density at radius 1 is 1.21 bits per heavy atom. The molecular weight excluding hydrogens is 450 g/mol. The molecule has 0 aliphatic carbocycles. The Labute approximate surface area is 204 Å². The van der Waals surface area contributed by atoms with Crippen LogP contribution >= 0.6 is 0 Å². The van der Waals surface area contributed by atoms with Crippen LogP contribution in [-0.4, -0.2) is 47.3 Å². The molecule has 1 aliphatic rings. The van der Waals surface area contributed by atoms with E-state index in [1.807, 2.05) is 6.92 Å². The number of anilines is 2. The molecule has 0 bridgehead atoms. The summed E-state index contributed by atoms with van der Waals surface area (Å²) in [6.45, 7) is 6.64. The number of carbonyl (C=O) groups excluding carboxylic acids is 1. The molecule has 1 heterocycles. The Balaban J connectivity index is 1.53. The molecule has 1 N–H and O–H groups in total. The van der Waals surface area contributed by atoms with Gasteiger partial charge >= 0.3 is 0 Å². The maximum Gasteiger partial charge on any atom is 0.232 e. The number of hydrogen-bond donors (Lipinski definition) is 1. The minimum atomic E-state index is -3.51. The summed E-state index contributed by atoms with van der Waals surface area (Å²) in [5, 5.41) is 3.03. The minimum absolute atomic E-state index is 0.102. The van der Waals surface area contributed by atoms with Gasteiger partial charge < -0.3 is 15.0 Å². The number of rotatable bonds is 10. The van der Waals surface area contributed by atoms with Crippen LogP contribution in [0.25, 0.3) is 0 Å². The van der Waals surface area contributed by atoms with E-state index in [0.717, 1.165) is 24.9 Å². The number of ether oxygens (including phenoxy) is 1. The lowest BCUT2D eigenvalue weighted by Gasteiger charge is -2.33. The number of sulfonamides is 1. The molecule has 0 aromatic heterocycles. The predicted octanol–water partition coefficient (Wildman–Crippen LogP) is 4.36. The van der Waals surface area contributed by atoms with Crippen molar-refractivity contribution in [3.63, 3.8) is 0 Å². The summed E-state index contributed by atoms with van der Waals surface area (Å²) >= 11 is 0. The zero-order valence-electron chi connectivity index (χ0n) is 20.7. The Morgan fingerprint density at radius 3 is 2.56 bits per heavy atom. The summed E-state index contributed by atoms with van der Waals surface area (Å²) in [5.41, 5.74) is 2.75. The number of para-hydroxylation sites is 2. The number of hydrogen-bond acceptors (Lipinski definition) is 5. The highest BCUT2D eigenvalue weighted by molar-refractivity contribution is 7.92. The molecule has 186 valence electrons. The third-order valence-electron chi connectivity index (χ3n) is 6.31. The summed E-state index contributed by atoms with van der Waals surface area (Å²) in [7, 11) is -2.01. The van der Waals surface area contributed by atoms with Crippen LogP contribution in [-0.2, 0) is 14.8 Å². The summed E-state index contributed by atoms with van der Waals surface area (Å²) in [6.07, 6.45) is 4.31. The van der Waals surface area contributed by atoms with E-state index in [4.69, 9.17) is 4.74 Å². The number of methoxy groups -OCH3 is 1. The number of nitrogens with zero attached hydrogens (tertiary/aromatic N) is 2. The molecule has 7 nitrogen and oxygen atoms in total. The Hall–Kier alpha value is -2.74. The second-order valence-corrected chi connectivity index (χ2v) is 11.1. The number of amides is 1. The molecule has 2 aromatic rings. The first-order valence-electron chi connectivity index (χ1n) is 11.9. The van der Waals surface area contributed by atoms with Crippen molar-refractivity contribution in [2.75, 3.05) is 42.2 Å². The van der Waals surface area contributed by atoms with E-state index in [1.165, 1.54) is 29.9 Å². The molecule has 1 fully saturated rings. The summed E-state index contributed by atoms with van der Waals surface area (Å²) in [4.78, 5) is 15.0. The lowest BCUT2D eigenvalue weighted by atomic mass is 9.99. The molecule has 34 heavy (non-hydrogen) atoms. The van der Waals surface area contributed by atoms with Crippen LogP contribution < -0.4 is 19.3 Å². The standard InChI is InChI=1S/C26H37N3O4S/c1-20-9-7-17-28(19-20)23-15-13-22(14-16-23)21(2)27-26(30)12-8-18-29(34(4,31)32)24-10-5-6-11-25(24)33-3/h5-6,10-11,13-16,20-21H,7-9,12,17-19H2,1-4H3,(H,27,30)/t20-,21-/m1/s1. The normalized spacial score (nSPS) is 17.2. The third kappa shape index (κ3) is 6.88. The van der Waals surface area contributed by atoms with Gasteiger partial charge in [-0.15, -0.1) is 0 Å². The van der Waals surface area contributed by atoms with Crippen LogP contribution in [0.5, 0.6) is 5.75 Å². The molecule has 0 spiro atoms. The quantitative estimate of drug-likeness (QED) is 0.539. The highest BCUT2D eigenvalue weighted by Gasteiger charge is 2.21. The molecule has 0 saturated carbocycles. The van der Waals surface area contributed by atoms with Crippen LogP contribution in [0.15, 0.2) is 48.5 Å². The first kappa shape index (κ1) is 25.9. The maximum absolute atomic E-state index is 12.6. The van der Waals surface area contributed by atoms with Crippen LogP contribution in [0.2, 0.25) is 0 Å². The Kier molecular flexibility index (Phi) is 8.83. The fraction of sp³-hybridized carbons (Fsp3) is 0.500. The van der Waals surface area contributed by atoms with Crippen molar-refractivity contribution >= 4 is 27.3 Å². The molecule has 1 saturated heterocycles. The second kappa shape index (κ2) is 11.6. The highest BCUT2D eigenvalue weighted by Crippen LogP contribution is 2.30. The zero-order valence-corrected chi connectivity index (χ0v) is 21.5. The van der Waals surface area contributed by atoms with Gasteiger partial charge in [-0.3, -0.25) is 9.10 Å². The van der Waals surface area contributed by atoms with Crippen molar-refractivity contribution < 1.29 is 17.9 Å². The molecule has 8 heteroatoms. The van der Waals surface area contributed by atoms with Crippen molar-refractivity contribution in [1.29, 1.82) is 0 Å². The van der Waals surface area contributed by atoms with Gasteiger partial charge in [-0.05, 0) is 61.9 Å². The summed E-state index contributed by atoms with van der Waals surface area (Å²) in [6, 6.07) is 15.3. The van der Waals surface area contributed by atoms with E-state index < -0.39 is 10.0 Å². The van der Waals surface area contributed by atoms with E-state index in [9.17, 15) is 13.2 Å². The van der Waals surface area contributed by atoms with Gasteiger partial charge in [0.15, 0.2) is 0 Å². The van der Waals surface area contributed by atoms with Crippen molar-refractivity contribution in [1.82, 2.24) is 5.32 Å². The Morgan fingerprint density at radius 2 is 1.91 bits per heavy atom. The molecule has 0 unspecified atom stereocenters. The van der Waals surface area contributed by atoms with Gasteiger partial charge in [-0.2, -0.15) is 0 Å². The van der Waals surface area contributed by atoms with Crippen LogP contribution in [0.4, 0.5) is 11.4 Å². The first-order valence-corrected chi connectivity index (χ1v) is 13.8. The van der Waals surface area contributed by atoms with Gasteiger partial charge in [0.2, 0.25) is 15.9 Å². The van der Waals surface area contributed by atoms with Crippen LogP contribution in [0.1, 0.15) is 51.1 Å². The fourth-order valence-electron chi connectivity index (χ4n) is 4.48. The van der Waals surface area contributed by atoms with Crippen molar-refractivity contribution in [3.8, 4) is 5.75 Å². The first-order chi connectivity index (χ1) is 16.2. The van der Waals surface area contributed by atoms with Gasteiger partial charge in [0.25, 0.3) is 0 Å². The number of benzene rings is 2. The maximum atomic E-state index is 12.6. The van der Waals surface area contributed by atoms with E-state index in [1.54, 1.807) is 24.3 Å². The van der Waals surface area contributed by atoms with Crippen LogP contribution in [0, 0.1) is 5.92 Å². The van der Waals surface area contributed by atoms with Gasteiger partial charge in [0.1, 0.15) is 5.75 Å². The molecule has 0 radical (unpaired) electrons. The van der Waals surface area contributed by atoms with E-state index in [-0.39, 0.29) is 24.9 Å². The summed E-state index contributed by atoms with van der Waals surface area (Å²) < 4.78 is 31.3. The second-order valence-electron chi connectivity index (χ2n) is 9.18. The van der Waals surface area contributed by atoms with Gasteiger partial charge in [0, 0.05) is 31.7 Å². The number of carbonyl (C=O) groups is 1. The van der Waals surface area contributed by atoms with E-state index >= 15 is 0 Å².